The van der Waals surface area contributed by atoms with Gasteiger partial charge in [-0.3, -0.25) is 4.79 Å². The number of morpholine rings is 1. The van der Waals surface area contributed by atoms with Gasteiger partial charge in [-0.25, -0.2) is 8.42 Å². The van der Waals surface area contributed by atoms with Gasteiger partial charge in [-0.15, -0.1) is 0 Å². The molecule has 7 nitrogen and oxygen atoms in total. The summed E-state index contributed by atoms with van der Waals surface area (Å²) in [4.78, 5) is 12.7. The molecule has 2 aromatic rings. The molecule has 0 bridgehead atoms. The van der Waals surface area contributed by atoms with E-state index >= 15 is 0 Å². The molecule has 0 radical (unpaired) electrons. The Hall–Kier alpha value is -2.42. The highest BCUT2D eigenvalue weighted by Gasteiger charge is 2.26. The van der Waals surface area contributed by atoms with Gasteiger partial charge < -0.3 is 14.8 Å². The van der Waals surface area contributed by atoms with Crippen LogP contribution in [0.25, 0.3) is 0 Å². The van der Waals surface area contributed by atoms with E-state index in [1.54, 1.807) is 36.4 Å². The number of amides is 1. The molecule has 1 saturated heterocycles. The van der Waals surface area contributed by atoms with E-state index in [2.05, 4.69) is 5.32 Å². The van der Waals surface area contributed by atoms with Gasteiger partial charge in [-0.05, 0) is 56.3 Å². The highest BCUT2D eigenvalue weighted by Crippen LogP contribution is 2.21. The number of carbonyl (C=O) groups excluding carboxylic acids is 1. The van der Waals surface area contributed by atoms with E-state index in [1.165, 1.54) is 16.4 Å². The second-order valence-corrected chi connectivity index (χ2v) is 8.63. The molecule has 1 heterocycles. The third-order valence-corrected chi connectivity index (χ3v) is 6.10. The van der Waals surface area contributed by atoms with Crippen LogP contribution in [0.2, 0.25) is 0 Å². The van der Waals surface area contributed by atoms with Crippen LogP contribution in [0.15, 0.2) is 53.4 Å². The SMILES string of the molecule is CC(C)Oc1cccc(C(=O)Nc2ccc(S(=O)(=O)N3CCOCC3)cc2)c1. The molecule has 1 N–H and O–H groups in total. The summed E-state index contributed by atoms with van der Waals surface area (Å²) in [7, 11) is -3.55. The first-order chi connectivity index (χ1) is 13.4. The van der Waals surface area contributed by atoms with Gasteiger partial charge in [-0.1, -0.05) is 6.07 Å². The van der Waals surface area contributed by atoms with Crippen molar-refractivity contribution in [3.8, 4) is 5.75 Å². The van der Waals surface area contributed by atoms with Gasteiger partial charge in [0, 0.05) is 24.3 Å². The summed E-state index contributed by atoms with van der Waals surface area (Å²) in [6, 6.07) is 13.1. The maximum Gasteiger partial charge on any atom is 0.255 e. The van der Waals surface area contributed by atoms with Crippen molar-refractivity contribution in [1.82, 2.24) is 4.31 Å². The number of hydrogen-bond donors (Lipinski definition) is 1. The van der Waals surface area contributed by atoms with E-state index in [4.69, 9.17) is 9.47 Å². The van der Waals surface area contributed by atoms with Gasteiger partial charge in [0.05, 0.1) is 24.2 Å². The largest absolute Gasteiger partial charge is 0.491 e. The van der Waals surface area contributed by atoms with Crippen molar-refractivity contribution in [2.45, 2.75) is 24.8 Å². The molecule has 0 aromatic heterocycles. The zero-order valence-corrected chi connectivity index (χ0v) is 16.7. The standard InChI is InChI=1S/C20H24N2O5S/c1-15(2)27-18-5-3-4-16(14-18)20(23)21-17-6-8-19(9-7-17)28(24,25)22-10-12-26-13-11-22/h3-9,14-15H,10-13H2,1-2H3,(H,21,23). The molecule has 0 aliphatic carbocycles. The minimum Gasteiger partial charge on any atom is -0.491 e. The van der Waals surface area contributed by atoms with E-state index in [1.807, 2.05) is 13.8 Å². The van der Waals surface area contributed by atoms with E-state index in [-0.39, 0.29) is 16.9 Å². The topological polar surface area (TPSA) is 84.9 Å². The molecule has 28 heavy (non-hydrogen) atoms. The predicted molar refractivity (Wildman–Crippen MR) is 106 cm³/mol. The van der Waals surface area contributed by atoms with Crippen LogP contribution < -0.4 is 10.1 Å². The Bertz CT molecular complexity index is 920. The molecule has 1 aliphatic heterocycles. The summed E-state index contributed by atoms with van der Waals surface area (Å²) in [5.41, 5.74) is 0.976. The molecular formula is C20H24N2O5S. The average molecular weight is 404 g/mol. The smallest absolute Gasteiger partial charge is 0.255 e. The van der Waals surface area contributed by atoms with Gasteiger partial charge in [0.1, 0.15) is 5.75 Å². The van der Waals surface area contributed by atoms with Gasteiger partial charge in [0.15, 0.2) is 0 Å². The Labute approximate surface area is 165 Å². The fourth-order valence-electron chi connectivity index (χ4n) is 2.83. The Balaban J connectivity index is 1.69. The third kappa shape index (κ3) is 4.89. The van der Waals surface area contributed by atoms with Crippen LogP contribution in [0, 0.1) is 0 Å². The lowest BCUT2D eigenvalue weighted by Crippen LogP contribution is -2.40. The molecule has 0 unspecified atom stereocenters. The van der Waals surface area contributed by atoms with E-state index in [0.29, 0.717) is 43.3 Å². The summed E-state index contributed by atoms with van der Waals surface area (Å²) in [6.07, 6.45) is 0.0132. The second kappa shape index (κ2) is 8.72. The molecular weight excluding hydrogens is 380 g/mol. The number of sulfonamides is 1. The van der Waals surface area contributed by atoms with Crippen LogP contribution >= 0.6 is 0 Å². The summed E-state index contributed by atoms with van der Waals surface area (Å²) >= 11 is 0. The lowest BCUT2D eigenvalue weighted by molar-refractivity contribution is 0.0730. The highest BCUT2D eigenvalue weighted by molar-refractivity contribution is 7.89. The lowest BCUT2D eigenvalue weighted by atomic mass is 10.2. The van der Waals surface area contributed by atoms with Crippen molar-refractivity contribution in [3.63, 3.8) is 0 Å². The molecule has 2 aromatic carbocycles. The van der Waals surface area contributed by atoms with Crippen LogP contribution in [0.5, 0.6) is 5.75 Å². The van der Waals surface area contributed by atoms with Crippen molar-refractivity contribution < 1.29 is 22.7 Å². The monoisotopic (exact) mass is 404 g/mol. The summed E-state index contributed by atoms with van der Waals surface area (Å²) in [5, 5.41) is 2.77. The minimum atomic E-state index is -3.55. The molecule has 150 valence electrons. The van der Waals surface area contributed by atoms with Crippen LogP contribution in [-0.2, 0) is 14.8 Å². The van der Waals surface area contributed by atoms with Gasteiger partial charge in [0.25, 0.3) is 5.91 Å². The van der Waals surface area contributed by atoms with Crippen LogP contribution in [0.1, 0.15) is 24.2 Å². The van der Waals surface area contributed by atoms with Crippen LogP contribution in [0.4, 0.5) is 5.69 Å². The number of nitrogens with zero attached hydrogens (tertiary/aromatic N) is 1. The van der Waals surface area contributed by atoms with Gasteiger partial charge >= 0.3 is 0 Å². The Kier molecular flexibility index (Phi) is 6.33. The molecule has 1 amide bonds. The first kappa shape index (κ1) is 20.3. The number of benzene rings is 2. The number of hydrogen-bond acceptors (Lipinski definition) is 5. The fraction of sp³-hybridized carbons (Fsp3) is 0.350. The Morgan fingerprint density at radius 1 is 1.11 bits per heavy atom. The first-order valence-corrected chi connectivity index (χ1v) is 10.6. The number of carbonyl (C=O) groups is 1. The molecule has 1 aliphatic rings. The van der Waals surface area contributed by atoms with E-state index in [9.17, 15) is 13.2 Å². The quantitative estimate of drug-likeness (QED) is 0.800. The maximum absolute atomic E-state index is 12.6. The average Bonchev–Trinajstić information content (AvgIpc) is 2.69. The zero-order valence-electron chi connectivity index (χ0n) is 15.9. The number of rotatable bonds is 6. The minimum absolute atomic E-state index is 0.0132. The molecule has 0 saturated carbocycles. The summed E-state index contributed by atoms with van der Waals surface area (Å²) < 4.78 is 37.5. The molecule has 0 spiro atoms. The second-order valence-electron chi connectivity index (χ2n) is 6.69. The number of anilines is 1. The number of nitrogens with one attached hydrogen (secondary N) is 1. The lowest BCUT2D eigenvalue weighted by Gasteiger charge is -2.26. The summed E-state index contributed by atoms with van der Waals surface area (Å²) in [5.74, 6) is 0.326. The van der Waals surface area contributed by atoms with E-state index in [0.717, 1.165) is 0 Å². The van der Waals surface area contributed by atoms with Crippen molar-refractivity contribution >= 4 is 21.6 Å². The normalized spacial score (nSPS) is 15.4. The maximum atomic E-state index is 12.6. The molecule has 0 atom stereocenters. The highest BCUT2D eigenvalue weighted by atomic mass is 32.2. The summed E-state index contributed by atoms with van der Waals surface area (Å²) in [6.45, 7) is 5.31. The Morgan fingerprint density at radius 3 is 2.43 bits per heavy atom. The van der Waals surface area contributed by atoms with Crippen molar-refractivity contribution in [3.05, 3.63) is 54.1 Å². The molecule has 8 heteroatoms. The van der Waals surface area contributed by atoms with Gasteiger partial charge in [0.2, 0.25) is 10.0 Å². The third-order valence-electron chi connectivity index (χ3n) is 4.19. The first-order valence-electron chi connectivity index (χ1n) is 9.12. The van der Waals surface area contributed by atoms with Crippen molar-refractivity contribution in [2.75, 3.05) is 31.6 Å². The fourth-order valence-corrected chi connectivity index (χ4v) is 4.24. The zero-order chi connectivity index (χ0) is 20.1. The van der Waals surface area contributed by atoms with Crippen LogP contribution in [0.3, 0.4) is 0 Å². The molecule has 3 rings (SSSR count). The van der Waals surface area contributed by atoms with Crippen molar-refractivity contribution in [1.29, 1.82) is 0 Å². The Morgan fingerprint density at radius 2 is 1.79 bits per heavy atom. The van der Waals surface area contributed by atoms with Crippen LogP contribution in [-0.4, -0.2) is 51.0 Å². The molecule has 1 fully saturated rings. The predicted octanol–water partition coefficient (Wildman–Crippen LogP) is 2.75. The van der Waals surface area contributed by atoms with Crippen molar-refractivity contribution in [2.24, 2.45) is 0 Å². The van der Waals surface area contributed by atoms with E-state index < -0.39 is 10.0 Å². The van der Waals surface area contributed by atoms with Gasteiger partial charge in [-0.2, -0.15) is 4.31 Å². The number of ether oxygens (including phenoxy) is 2.